The Hall–Kier alpha value is -2.48. The van der Waals surface area contributed by atoms with Crippen molar-refractivity contribution in [3.8, 4) is 0 Å². The highest BCUT2D eigenvalue weighted by Crippen LogP contribution is 2.33. The third-order valence-electron chi connectivity index (χ3n) is 2.68. The summed E-state index contributed by atoms with van der Waals surface area (Å²) in [5.74, 6) is -1.04. The molecule has 3 aromatic heterocycles. The number of carboxylic acid groups (broad SMARTS) is 1. The number of nitrogens with zero attached hydrogens (tertiary/aromatic N) is 5. The molecule has 0 bridgehead atoms. The number of hydrogen-bond donors (Lipinski definition) is 1. The third-order valence-corrected chi connectivity index (χ3v) is 3.72. The van der Waals surface area contributed by atoms with Crippen LogP contribution in [0.2, 0.25) is 0 Å². The average Bonchev–Trinajstić information content (AvgIpc) is 2.82. The van der Waals surface area contributed by atoms with Gasteiger partial charge in [-0.25, -0.2) is 19.7 Å². The van der Waals surface area contributed by atoms with Gasteiger partial charge in [0.15, 0.2) is 10.8 Å². The van der Waals surface area contributed by atoms with Crippen molar-refractivity contribution in [2.75, 3.05) is 0 Å². The molecule has 0 aliphatic carbocycles. The van der Waals surface area contributed by atoms with Crippen LogP contribution in [0.15, 0.2) is 40.9 Å². The number of fused-ring (bicyclic) bond motifs is 1. The molecule has 0 aliphatic rings. The van der Waals surface area contributed by atoms with Crippen molar-refractivity contribution in [1.82, 2.24) is 24.7 Å². The largest absolute Gasteiger partial charge is 0.478 e. The van der Waals surface area contributed by atoms with E-state index in [4.69, 9.17) is 0 Å². The van der Waals surface area contributed by atoms with Gasteiger partial charge < -0.3 is 5.11 Å². The van der Waals surface area contributed by atoms with Crippen molar-refractivity contribution in [3.05, 3.63) is 36.4 Å². The van der Waals surface area contributed by atoms with Gasteiger partial charge in [0.05, 0.1) is 17.1 Å². The summed E-state index contributed by atoms with van der Waals surface area (Å²) in [5.41, 5.74) is 0.733. The van der Waals surface area contributed by atoms with Gasteiger partial charge in [-0.15, -0.1) is 0 Å². The molecule has 0 aromatic carbocycles. The lowest BCUT2D eigenvalue weighted by Gasteiger charge is -2.05. The second-order valence-corrected chi connectivity index (χ2v) is 4.92. The highest BCUT2D eigenvalue weighted by Gasteiger charge is 2.18. The lowest BCUT2D eigenvalue weighted by atomic mass is 10.2. The first-order chi connectivity index (χ1) is 9.66. The molecular formula is C12H9N5O2S. The molecule has 3 heterocycles. The number of carbonyl (C=O) groups is 1. The van der Waals surface area contributed by atoms with Crippen LogP contribution >= 0.6 is 11.8 Å². The molecule has 0 atom stereocenters. The van der Waals surface area contributed by atoms with E-state index in [9.17, 15) is 9.90 Å². The maximum Gasteiger partial charge on any atom is 0.338 e. The van der Waals surface area contributed by atoms with Crippen molar-refractivity contribution < 1.29 is 9.90 Å². The van der Waals surface area contributed by atoms with E-state index >= 15 is 0 Å². The van der Waals surface area contributed by atoms with Crippen molar-refractivity contribution in [2.24, 2.45) is 7.05 Å². The van der Waals surface area contributed by atoms with Crippen LogP contribution in [0.1, 0.15) is 10.4 Å². The fraction of sp³-hybridized carbons (Fsp3) is 0.0833. The molecular weight excluding hydrogens is 278 g/mol. The van der Waals surface area contributed by atoms with Gasteiger partial charge in [-0.3, -0.25) is 4.68 Å². The van der Waals surface area contributed by atoms with Crippen molar-refractivity contribution in [1.29, 1.82) is 0 Å². The lowest BCUT2D eigenvalue weighted by molar-refractivity contribution is 0.0693. The van der Waals surface area contributed by atoms with Crippen LogP contribution in [0.3, 0.4) is 0 Å². The van der Waals surface area contributed by atoms with E-state index in [1.807, 2.05) is 0 Å². The minimum atomic E-state index is -1.04. The minimum Gasteiger partial charge on any atom is -0.478 e. The number of hydrogen-bond acceptors (Lipinski definition) is 6. The molecule has 0 amide bonds. The molecule has 0 aliphatic heterocycles. The van der Waals surface area contributed by atoms with Crippen LogP contribution in [0.25, 0.3) is 11.0 Å². The molecule has 0 radical (unpaired) electrons. The highest BCUT2D eigenvalue weighted by atomic mass is 32.2. The number of pyridine rings is 1. The third kappa shape index (κ3) is 2.10. The van der Waals surface area contributed by atoms with E-state index in [0.29, 0.717) is 21.1 Å². The Bertz CT molecular complexity index is 787. The zero-order valence-corrected chi connectivity index (χ0v) is 11.2. The molecule has 8 heteroatoms. The van der Waals surface area contributed by atoms with Gasteiger partial charge in [-0.2, -0.15) is 5.10 Å². The summed E-state index contributed by atoms with van der Waals surface area (Å²) < 4.78 is 1.59. The Morgan fingerprint density at radius 2 is 2.00 bits per heavy atom. The molecule has 0 saturated heterocycles. The van der Waals surface area contributed by atoms with Gasteiger partial charge in [-0.05, 0) is 17.8 Å². The Balaban J connectivity index is 2.20. The zero-order valence-electron chi connectivity index (χ0n) is 10.4. The molecule has 0 saturated carbocycles. The number of rotatable bonds is 3. The van der Waals surface area contributed by atoms with E-state index in [1.165, 1.54) is 18.0 Å². The molecule has 0 fully saturated rings. The first-order valence-electron chi connectivity index (χ1n) is 5.65. The summed E-state index contributed by atoms with van der Waals surface area (Å²) in [5, 5.41) is 14.5. The maximum atomic E-state index is 11.3. The van der Waals surface area contributed by atoms with Crippen molar-refractivity contribution in [3.63, 3.8) is 0 Å². The predicted molar refractivity (Wildman–Crippen MR) is 71.6 cm³/mol. The Morgan fingerprint density at radius 1 is 1.25 bits per heavy atom. The highest BCUT2D eigenvalue weighted by molar-refractivity contribution is 7.99. The lowest BCUT2D eigenvalue weighted by Crippen LogP contribution is -2.02. The van der Waals surface area contributed by atoms with Gasteiger partial charge in [0.25, 0.3) is 0 Å². The first-order valence-corrected chi connectivity index (χ1v) is 6.47. The predicted octanol–water partition coefficient (Wildman–Crippen LogP) is 1.61. The molecule has 0 unspecified atom stereocenters. The van der Waals surface area contributed by atoms with Gasteiger partial charge >= 0.3 is 5.97 Å². The zero-order chi connectivity index (χ0) is 14.1. The molecule has 100 valence electrons. The first kappa shape index (κ1) is 12.5. The van der Waals surface area contributed by atoms with Gasteiger partial charge in [-0.1, -0.05) is 0 Å². The quantitative estimate of drug-likeness (QED) is 0.731. The molecule has 0 spiro atoms. The van der Waals surface area contributed by atoms with Crippen molar-refractivity contribution in [2.45, 2.75) is 10.1 Å². The normalized spacial score (nSPS) is 10.8. The monoisotopic (exact) mass is 287 g/mol. The number of aromatic nitrogens is 5. The average molecular weight is 287 g/mol. The van der Waals surface area contributed by atoms with Gasteiger partial charge in [0.2, 0.25) is 0 Å². The fourth-order valence-corrected chi connectivity index (χ4v) is 2.68. The summed E-state index contributed by atoms with van der Waals surface area (Å²) >= 11 is 1.19. The van der Waals surface area contributed by atoms with E-state index in [-0.39, 0.29) is 5.56 Å². The second-order valence-electron chi connectivity index (χ2n) is 3.95. The number of carboxylic acids is 1. The van der Waals surface area contributed by atoms with Crippen LogP contribution < -0.4 is 0 Å². The smallest absolute Gasteiger partial charge is 0.338 e. The summed E-state index contributed by atoms with van der Waals surface area (Å²) in [4.78, 5) is 24.2. The second kappa shape index (κ2) is 4.89. The van der Waals surface area contributed by atoms with Crippen LogP contribution in [0.5, 0.6) is 0 Å². The maximum absolute atomic E-state index is 11.3. The van der Waals surface area contributed by atoms with Crippen LogP contribution in [-0.4, -0.2) is 35.8 Å². The van der Waals surface area contributed by atoms with Crippen molar-refractivity contribution >= 4 is 28.8 Å². The summed E-state index contributed by atoms with van der Waals surface area (Å²) in [7, 11) is 1.75. The minimum absolute atomic E-state index is 0.114. The summed E-state index contributed by atoms with van der Waals surface area (Å²) in [6.45, 7) is 0. The Labute approximate surface area is 117 Å². The summed E-state index contributed by atoms with van der Waals surface area (Å²) in [6, 6.07) is 1.70. The molecule has 3 aromatic rings. The van der Waals surface area contributed by atoms with Crippen LogP contribution in [-0.2, 0) is 7.05 Å². The van der Waals surface area contributed by atoms with E-state index < -0.39 is 5.97 Å². The molecule has 3 rings (SSSR count). The summed E-state index contributed by atoms with van der Waals surface area (Å²) in [6.07, 6.45) is 6.15. The van der Waals surface area contributed by atoms with E-state index in [1.54, 1.807) is 36.4 Å². The van der Waals surface area contributed by atoms with E-state index in [2.05, 4.69) is 20.1 Å². The van der Waals surface area contributed by atoms with Gasteiger partial charge in [0, 0.05) is 30.5 Å². The standard InChI is InChI=1S/C12H9N5O2S/c1-17-10-7(6-16-17)9(8(5-15-10)11(18)19)20-12-13-3-2-4-14-12/h2-6H,1H3,(H,18,19). The number of aryl methyl sites for hydroxylation is 1. The van der Waals surface area contributed by atoms with Crippen LogP contribution in [0, 0.1) is 0 Å². The topological polar surface area (TPSA) is 93.8 Å². The molecule has 1 N–H and O–H groups in total. The molecule has 20 heavy (non-hydrogen) atoms. The van der Waals surface area contributed by atoms with Crippen LogP contribution in [0.4, 0.5) is 0 Å². The Morgan fingerprint density at radius 3 is 2.70 bits per heavy atom. The fourth-order valence-electron chi connectivity index (χ4n) is 1.77. The van der Waals surface area contributed by atoms with Gasteiger partial charge in [0.1, 0.15) is 0 Å². The van der Waals surface area contributed by atoms with E-state index in [0.717, 1.165) is 0 Å². The molecule has 7 nitrogen and oxygen atoms in total. The number of aromatic carboxylic acids is 1. The Kier molecular flexibility index (Phi) is 3.07. The SMILES string of the molecule is Cn1ncc2c(Sc3ncccn3)c(C(=O)O)cnc21.